The van der Waals surface area contributed by atoms with Crippen LogP contribution < -0.4 is 0 Å². The molecule has 1 aromatic heterocycles. The first-order valence-corrected chi connectivity index (χ1v) is 8.42. The topological polar surface area (TPSA) is 42.4 Å². The van der Waals surface area contributed by atoms with Crippen LogP contribution >= 0.6 is 11.3 Å². The smallest absolute Gasteiger partial charge is 0.252 e. The lowest BCUT2D eigenvalue weighted by molar-refractivity contribution is -0.141. The highest BCUT2D eigenvalue weighted by atomic mass is 32.1. The quantitative estimate of drug-likeness (QED) is 0.856. The lowest BCUT2D eigenvalue weighted by Gasteiger charge is -2.25. The number of carbonyl (C=O) groups is 1. The first-order chi connectivity index (χ1) is 10.3. The molecule has 3 heterocycles. The number of amides is 1. The van der Waals surface area contributed by atoms with Crippen molar-refractivity contribution in [2.45, 2.75) is 37.8 Å². The van der Waals surface area contributed by atoms with Gasteiger partial charge in [-0.15, -0.1) is 11.3 Å². The van der Waals surface area contributed by atoms with Gasteiger partial charge < -0.3 is 9.64 Å². The monoisotopic (exact) mass is 302 g/mol. The van der Waals surface area contributed by atoms with Crippen molar-refractivity contribution in [2.24, 2.45) is 0 Å². The second-order valence-corrected chi connectivity index (χ2v) is 6.77. The van der Waals surface area contributed by atoms with Crippen LogP contribution in [0, 0.1) is 0 Å². The largest absolute Gasteiger partial charge is 0.368 e. The molecule has 21 heavy (non-hydrogen) atoms. The summed E-state index contributed by atoms with van der Waals surface area (Å²) in [4.78, 5) is 19.4. The van der Waals surface area contributed by atoms with E-state index in [1.165, 1.54) is 4.70 Å². The van der Waals surface area contributed by atoms with E-state index in [2.05, 4.69) is 6.07 Å². The molecule has 1 amide bonds. The number of ether oxygens (including phenoxy) is 1. The highest BCUT2D eigenvalue weighted by Gasteiger charge is 2.37. The Morgan fingerprint density at radius 3 is 3.00 bits per heavy atom. The van der Waals surface area contributed by atoms with Gasteiger partial charge in [-0.2, -0.15) is 0 Å². The van der Waals surface area contributed by atoms with E-state index in [1.54, 1.807) is 11.3 Å². The van der Waals surface area contributed by atoms with Gasteiger partial charge in [0.15, 0.2) is 0 Å². The molecule has 0 bridgehead atoms. The van der Waals surface area contributed by atoms with Crippen LogP contribution in [-0.2, 0) is 9.53 Å². The van der Waals surface area contributed by atoms with Crippen LogP contribution in [0.5, 0.6) is 0 Å². The Balaban J connectivity index is 1.62. The highest BCUT2D eigenvalue weighted by Crippen LogP contribution is 2.37. The van der Waals surface area contributed by atoms with Crippen LogP contribution in [-0.4, -0.2) is 35.0 Å². The maximum absolute atomic E-state index is 12.6. The van der Waals surface area contributed by atoms with Crippen molar-refractivity contribution in [3.63, 3.8) is 0 Å². The molecular weight excluding hydrogens is 284 g/mol. The van der Waals surface area contributed by atoms with Gasteiger partial charge in [-0.05, 0) is 37.8 Å². The van der Waals surface area contributed by atoms with Gasteiger partial charge in [0.05, 0.1) is 16.3 Å². The van der Waals surface area contributed by atoms with Crippen LogP contribution in [0.4, 0.5) is 0 Å². The number of rotatable bonds is 2. The molecule has 0 unspecified atom stereocenters. The maximum Gasteiger partial charge on any atom is 0.252 e. The molecule has 0 aliphatic carbocycles. The van der Waals surface area contributed by atoms with E-state index in [4.69, 9.17) is 9.72 Å². The summed E-state index contributed by atoms with van der Waals surface area (Å²) in [5, 5.41) is 1.07. The SMILES string of the molecule is O=C([C@@H]1CCCO1)N1CCC[C@H]1c1nc2ccccc2s1. The van der Waals surface area contributed by atoms with Gasteiger partial charge >= 0.3 is 0 Å². The fourth-order valence-corrected chi connectivity index (χ4v) is 4.39. The minimum Gasteiger partial charge on any atom is -0.368 e. The zero-order valence-electron chi connectivity index (χ0n) is 11.8. The van der Waals surface area contributed by atoms with Crippen LogP contribution in [0.15, 0.2) is 24.3 Å². The van der Waals surface area contributed by atoms with Gasteiger partial charge in [-0.1, -0.05) is 12.1 Å². The van der Waals surface area contributed by atoms with E-state index < -0.39 is 0 Å². The van der Waals surface area contributed by atoms with Crippen molar-refractivity contribution >= 4 is 27.5 Å². The summed E-state index contributed by atoms with van der Waals surface area (Å²) in [5.74, 6) is 0.161. The molecule has 0 spiro atoms. The molecule has 0 saturated carbocycles. The Labute approximate surface area is 127 Å². The number of likely N-dealkylation sites (tertiary alicyclic amines) is 1. The van der Waals surface area contributed by atoms with Crippen molar-refractivity contribution in [3.8, 4) is 0 Å². The molecule has 5 heteroatoms. The second kappa shape index (κ2) is 5.39. The zero-order chi connectivity index (χ0) is 14.2. The van der Waals surface area contributed by atoms with Crippen LogP contribution in [0.2, 0.25) is 0 Å². The second-order valence-electron chi connectivity index (χ2n) is 5.71. The normalized spacial score (nSPS) is 25.8. The Morgan fingerprint density at radius 1 is 1.29 bits per heavy atom. The molecule has 2 aliphatic rings. The number of hydrogen-bond acceptors (Lipinski definition) is 4. The Kier molecular flexibility index (Phi) is 3.39. The lowest BCUT2D eigenvalue weighted by Crippen LogP contribution is -2.38. The molecule has 4 rings (SSSR count). The van der Waals surface area contributed by atoms with Gasteiger partial charge in [-0.25, -0.2) is 4.98 Å². The predicted octanol–water partition coefficient (Wildman–Crippen LogP) is 3.14. The summed E-state index contributed by atoms with van der Waals surface area (Å²) >= 11 is 1.71. The predicted molar refractivity (Wildman–Crippen MR) is 82.3 cm³/mol. The van der Waals surface area contributed by atoms with Crippen LogP contribution in [0.3, 0.4) is 0 Å². The van der Waals surface area contributed by atoms with Crippen molar-refractivity contribution in [2.75, 3.05) is 13.2 Å². The third-order valence-corrected chi connectivity index (χ3v) is 5.47. The van der Waals surface area contributed by atoms with E-state index >= 15 is 0 Å². The standard InChI is InChI=1S/C16H18N2O2S/c19-16(13-7-4-10-20-13)18-9-3-6-12(18)15-17-11-5-1-2-8-14(11)21-15/h1-2,5,8,12-13H,3-4,6-7,9-10H2/t12-,13-/m0/s1. The first-order valence-electron chi connectivity index (χ1n) is 7.60. The number of para-hydroxylation sites is 1. The van der Waals surface area contributed by atoms with Gasteiger partial charge in [0, 0.05) is 13.2 Å². The molecule has 110 valence electrons. The Hall–Kier alpha value is -1.46. The Bertz CT molecular complexity index is 630. The van der Waals surface area contributed by atoms with Gasteiger partial charge in [0.2, 0.25) is 0 Å². The van der Waals surface area contributed by atoms with Crippen molar-refractivity contribution in [1.82, 2.24) is 9.88 Å². The molecule has 0 radical (unpaired) electrons. The average molecular weight is 302 g/mol. The van der Waals surface area contributed by atoms with Crippen molar-refractivity contribution in [3.05, 3.63) is 29.3 Å². The third kappa shape index (κ3) is 2.34. The first kappa shape index (κ1) is 13.2. The molecule has 2 aromatic rings. The number of carbonyl (C=O) groups excluding carboxylic acids is 1. The van der Waals surface area contributed by atoms with Crippen molar-refractivity contribution in [1.29, 1.82) is 0 Å². The summed E-state index contributed by atoms with van der Waals surface area (Å²) in [6, 6.07) is 8.32. The summed E-state index contributed by atoms with van der Waals surface area (Å²) in [7, 11) is 0. The average Bonchev–Trinajstić information content (AvgIpc) is 3.24. The number of nitrogens with zero attached hydrogens (tertiary/aromatic N) is 2. The van der Waals surface area contributed by atoms with Crippen LogP contribution in [0.1, 0.15) is 36.7 Å². The van der Waals surface area contributed by atoms with E-state index in [9.17, 15) is 4.79 Å². The molecule has 2 atom stereocenters. The minimum atomic E-state index is -0.222. The molecule has 0 N–H and O–H groups in total. The molecular formula is C16H18N2O2S. The molecule has 4 nitrogen and oxygen atoms in total. The highest BCUT2D eigenvalue weighted by molar-refractivity contribution is 7.18. The minimum absolute atomic E-state index is 0.138. The van der Waals surface area contributed by atoms with E-state index in [0.717, 1.165) is 49.4 Å². The van der Waals surface area contributed by atoms with Gasteiger partial charge in [0.1, 0.15) is 11.1 Å². The molecule has 2 aliphatic heterocycles. The number of hydrogen-bond donors (Lipinski definition) is 0. The van der Waals surface area contributed by atoms with Crippen molar-refractivity contribution < 1.29 is 9.53 Å². The number of thiazole rings is 1. The van der Waals surface area contributed by atoms with Crippen LogP contribution in [0.25, 0.3) is 10.2 Å². The lowest BCUT2D eigenvalue weighted by atomic mass is 10.2. The summed E-state index contributed by atoms with van der Waals surface area (Å²) in [6.07, 6.45) is 3.70. The fourth-order valence-electron chi connectivity index (χ4n) is 3.28. The van der Waals surface area contributed by atoms with E-state index in [-0.39, 0.29) is 18.1 Å². The summed E-state index contributed by atoms with van der Waals surface area (Å²) in [5.41, 5.74) is 1.04. The zero-order valence-corrected chi connectivity index (χ0v) is 12.6. The number of aromatic nitrogens is 1. The number of benzene rings is 1. The molecule has 1 aromatic carbocycles. The Morgan fingerprint density at radius 2 is 2.19 bits per heavy atom. The number of fused-ring (bicyclic) bond motifs is 1. The third-order valence-electron chi connectivity index (χ3n) is 4.34. The summed E-state index contributed by atoms with van der Waals surface area (Å²) in [6.45, 7) is 1.55. The summed E-state index contributed by atoms with van der Waals surface area (Å²) < 4.78 is 6.76. The van der Waals surface area contributed by atoms with Gasteiger partial charge in [-0.3, -0.25) is 4.79 Å². The molecule has 2 fully saturated rings. The van der Waals surface area contributed by atoms with E-state index in [1.807, 2.05) is 23.1 Å². The molecule has 2 saturated heterocycles. The van der Waals surface area contributed by atoms with E-state index in [0.29, 0.717) is 0 Å². The maximum atomic E-state index is 12.6. The fraction of sp³-hybridized carbons (Fsp3) is 0.500. The van der Waals surface area contributed by atoms with Gasteiger partial charge in [0.25, 0.3) is 5.91 Å².